The first-order valence-corrected chi connectivity index (χ1v) is 16.1. The van der Waals surface area contributed by atoms with E-state index in [9.17, 15) is 19.2 Å². The van der Waals surface area contributed by atoms with Gasteiger partial charge in [-0.1, -0.05) is 84.9 Å². The first-order valence-electron chi connectivity index (χ1n) is 16.1. The third-order valence-corrected chi connectivity index (χ3v) is 9.20. The molecule has 246 valence electrons. The Balaban J connectivity index is 1.25. The highest BCUT2D eigenvalue weighted by Gasteiger charge is 2.44. The number of ether oxygens (including phenoxy) is 1. The smallest absolute Gasteiger partial charge is 0.331 e. The second-order valence-corrected chi connectivity index (χ2v) is 12.4. The number of amides is 2. The average molecular weight is 638 g/mol. The van der Waals surface area contributed by atoms with Crippen LogP contribution in [-0.2, 0) is 43.3 Å². The Morgan fingerprint density at radius 2 is 1.57 bits per heavy atom. The van der Waals surface area contributed by atoms with Crippen molar-refractivity contribution in [3.63, 3.8) is 0 Å². The standard InChI is InChI=1S/C37H43N5O5/c1-47-36(46)37(17-20-41(21-18-37)19-16-27-10-4-2-5-11-27)40-34(44)23-32(28-12-6-3-7-13-28)39-35(45)25-42-24-30-15-9-8-14-29(30)22-31(38)33(42)26-43/h2-15,31-32H,16-25,38H2,1H3,(H,39,45)(H,40,44)/t31?,32-/m0/s1. The van der Waals surface area contributed by atoms with Crippen molar-refractivity contribution in [2.24, 2.45) is 5.73 Å². The molecule has 10 heteroatoms. The van der Waals surface area contributed by atoms with Crippen molar-refractivity contribution in [2.75, 3.05) is 33.3 Å². The Hall–Kier alpha value is -4.76. The fourth-order valence-corrected chi connectivity index (χ4v) is 6.57. The lowest BCUT2D eigenvalue weighted by atomic mass is 9.86. The molecule has 5 rings (SSSR count). The predicted molar refractivity (Wildman–Crippen MR) is 178 cm³/mol. The van der Waals surface area contributed by atoms with Crippen molar-refractivity contribution in [3.8, 4) is 0 Å². The van der Waals surface area contributed by atoms with Crippen LogP contribution in [0.2, 0.25) is 0 Å². The first-order chi connectivity index (χ1) is 22.8. The minimum absolute atomic E-state index is 0.0923. The molecule has 1 saturated heterocycles. The second-order valence-electron chi connectivity index (χ2n) is 12.4. The van der Waals surface area contributed by atoms with Crippen LogP contribution in [0, 0.1) is 0 Å². The molecule has 2 aliphatic rings. The highest BCUT2D eigenvalue weighted by Crippen LogP contribution is 2.27. The van der Waals surface area contributed by atoms with Gasteiger partial charge in [0.2, 0.25) is 11.8 Å². The number of nitrogens with one attached hydrogen (secondary N) is 2. The Labute approximate surface area is 275 Å². The molecular weight excluding hydrogens is 594 g/mol. The fourth-order valence-electron chi connectivity index (χ4n) is 6.57. The summed E-state index contributed by atoms with van der Waals surface area (Å²) in [6, 6.07) is 26.0. The molecule has 10 nitrogen and oxygen atoms in total. The number of carbonyl (C=O) groups is 3. The zero-order chi connectivity index (χ0) is 33.2. The number of likely N-dealkylation sites (tertiary alicyclic amines) is 1. The van der Waals surface area contributed by atoms with Crippen molar-refractivity contribution in [1.29, 1.82) is 0 Å². The van der Waals surface area contributed by atoms with Crippen LogP contribution in [0.15, 0.2) is 90.6 Å². The Morgan fingerprint density at radius 1 is 0.936 bits per heavy atom. The van der Waals surface area contributed by atoms with Gasteiger partial charge in [0, 0.05) is 26.2 Å². The van der Waals surface area contributed by atoms with E-state index in [0.717, 1.165) is 29.7 Å². The second kappa shape index (κ2) is 15.7. The molecule has 0 spiro atoms. The predicted octanol–water partition coefficient (Wildman–Crippen LogP) is 2.70. The largest absolute Gasteiger partial charge is 0.467 e. The molecule has 0 saturated carbocycles. The number of rotatable bonds is 11. The molecule has 0 aliphatic carbocycles. The summed E-state index contributed by atoms with van der Waals surface area (Å²) in [5, 5.41) is 6.00. The monoisotopic (exact) mass is 637 g/mol. The van der Waals surface area contributed by atoms with Crippen LogP contribution in [0.3, 0.4) is 0 Å². The fraction of sp³-hybridized carbons (Fsp3) is 0.378. The Kier molecular flexibility index (Phi) is 11.2. The topological polar surface area (TPSA) is 134 Å². The van der Waals surface area contributed by atoms with E-state index in [2.05, 4.69) is 27.7 Å². The van der Waals surface area contributed by atoms with Gasteiger partial charge >= 0.3 is 5.97 Å². The van der Waals surface area contributed by atoms with Gasteiger partial charge in [-0.05, 0) is 47.9 Å². The number of piperidine rings is 1. The Morgan fingerprint density at radius 3 is 2.23 bits per heavy atom. The number of hydrogen-bond acceptors (Lipinski definition) is 8. The van der Waals surface area contributed by atoms with Crippen LogP contribution in [-0.4, -0.2) is 78.4 Å². The number of nitrogens with two attached hydrogens (primary N) is 1. The lowest BCUT2D eigenvalue weighted by Crippen LogP contribution is -2.60. The van der Waals surface area contributed by atoms with Crippen molar-refractivity contribution in [3.05, 3.63) is 113 Å². The third-order valence-electron chi connectivity index (χ3n) is 9.20. The zero-order valence-electron chi connectivity index (χ0n) is 26.8. The molecule has 2 aliphatic heterocycles. The molecule has 3 aromatic carbocycles. The van der Waals surface area contributed by atoms with Crippen LogP contribution in [0.1, 0.15) is 47.6 Å². The number of carbonyl (C=O) groups excluding carboxylic acids is 4. The molecular formula is C37H43N5O5. The zero-order valence-corrected chi connectivity index (χ0v) is 26.8. The van der Waals surface area contributed by atoms with Crippen molar-refractivity contribution >= 4 is 23.7 Å². The van der Waals surface area contributed by atoms with Gasteiger partial charge in [0.15, 0.2) is 0 Å². The maximum absolute atomic E-state index is 13.6. The number of esters is 1. The summed E-state index contributed by atoms with van der Waals surface area (Å²) < 4.78 is 5.17. The minimum Gasteiger partial charge on any atom is -0.467 e. The summed E-state index contributed by atoms with van der Waals surface area (Å²) in [4.78, 5) is 56.2. The summed E-state index contributed by atoms with van der Waals surface area (Å²) in [6.45, 7) is 2.32. The van der Waals surface area contributed by atoms with Gasteiger partial charge in [0.05, 0.1) is 32.2 Å². The van der Waals surface area contributed by atoms with E-state index in [1.54, 1.807) is 4.90 Å². The van der Waals surface area contributed by atoms with Crippen LogP contribution in [0.5, 0.6) is 0 Å². The first kappa shape index (κ1) is 33.6. The van der Waals surface area contributed by atoms with Gasteiger partial charge in [0.25, 0.3) is 0 Å². The summed E-state index contributed by atoms with van der Waals surface area (Å²) in [6.07, 6.45) is 2.11. The van der Waals surface area contributed by atoms with Gasteiger partial charge in [-0.25, -0.2) is 9.59 Å². The van der Waals surface area contributed by atoms with E-state index in [4.69, 9.17) is 10.5 Å². The molecule has 47 heavy (non-hydrogen) atoms. The number of hydrogen-bond donors (Lipinski definition) is 3. The van der Waals surface area contributed by atoms with Crippen molar-refractivity contribution in [1.82, 2.24) is 20.4 Å². The van der Waals surface area contributed by atoms with Crippen LogP contribution >= 0.6 is 0 Å². The van der Waals surface area contributed by atoms with Gasteiger partial charge in [-0.2, -0.15) is 0 Å². The quantitative estimate of drug-likeness (QED) is 0.216. The Bertz CT molecular complexity index is 1580. The molecule has 2 atom stereocenters. The molecule has 1 unspecified atom stereocenters. The molecule has 2 heterocycles. The number of nitrogens with zero attached hydrogens (tertiary/aromatic N) is 2. The minimum atomic E-state index is -1.15. The summed E-state index contributed by atoms with van der Waals surface area (Å²) in [7, 11) is 1.33. The summed E-state index contributed by atoms with van der Waals surface area (Å²) in [5.41, 5.74) is 9.43. The summed E-state index contributed by atoms with van der Waals surface area (Å²) in [5.74, 6) is 0.742. The third kappa shape index (κ3) is 8.54. The van der Waals surface area contributed by atoms with Gasteiger partial charge in [-0.3, -0.25) is 9.59 Å². The molecule has 0 aromatic heterocycles. The molecule has 0 bridgehead atoms. The maximum Gasteiger partial charge on any atom is 0.331 e. The number of fused-ring (bicyclic) bond motifs is 1. The van der Waals surface area contributed by atoms with E-state index >= 15 is 0 Å². The SMILES string of the molecule is COC(=O)C1(NC(=O)C[C@H](NC(=O)CN2Cc3ccccc3CC(N)C2=C=O)c2ccccc2)CCN(CCc2ccccc2)CC1. The van der Waals surface area contributed by atoms with E-state index in [-0.39, 0.29) is 30.5 Å². The lowest BCUT2D eigenvalue weighted by molar-refractivity contribution is -0.153. The highest BCUT2D eigenvalue weighted by molar-refractivity contribution is 5.89. The number of methoxy groups -OCH3 is 1. The van der Waals surface area contributed by atoms with E-state index in [0.29, 0.717) is 38.9 Å². The van der Waals surface area contributed by atoms with Gasteiger partial charge in [0.1, 0.15) is 17.2 Å². The van der Waals surface area contributed by atoms with Crippen molar-refractivity contribution < 1.29 is 23.9 Å². The molecule has 0 radical (unpaired) electrons. The van der Waals surface area contributed by atoms with E-state index in [1.807, 2.05) is 78.7 Å². The van der Waals surface area contributed by atoms with Crippen LogP contribution in [0.25, 0.3) is 0 Å². The van der Waals surface area contributed by atoms with Crippen LogP contribution in [0.4, 0.5) is 0 Å². The lowest BCUT2D eigenvalue weighted by Gasteiger charge is -2.40. The number of benzene rings is 3. The van der Waals surface area contributed by atoms with Gasteiger partial charge in [-0.15, -0.1) is 0 Å². The van der Waals surface area contributed by atoms with Crippen molar-refractivity contribution in [2.45, 2.75) is 56.3 Å². The highest BCUT2D eigenvalue weighted by atomic mass is 16.5. The molecule has 4 N–H and O–H groups in total. The van der Waals surface area contributed by atoms with Gasteiger partial charge < -0.3 is 30.9 Å². The summed E-state index contributed by atoms with van der Waals surface area (Å²) >= 11 is 0. The molecule has 1 fully saturated rings. The average Bonchev–Trinajstić information content (AvgIpc) is 3.22. The van der Waals surface area contributed by atoms with E-state index in [1.165, 1.54) is 12.7 Å². The maximum atomic E-state index is 13.6. The normalized spacial score (nSPS) is 18.2. The molecule has 2 amide bonds. The van der Waals surface area contributed by atoms with Crippen LogP contribution < -0.4 is 16.4 Å². The van der Waals surface area contributed by atoms with E-state index < -0.39 is 23.6 Å². The molecule has 3 aromatic rings.